The van der Waals surface area contributed by atoms with Gasteiger partial charge in [0.1, 0.15) is 0 Å². The van der Waals surface area contributed by atoms with Crippen LogP contribution < -0.4 is 5.73 Å². The monoisotopic (exact) mass is 238 g/mol. The predicted molar refractivity (Wildman–Crippen MR) is 62.0 cm³/mol. The van der Waals surface area contributed by atoms with Gasteiger partial charge in [0.2, 0.25) is 0 Å². The van der Waals surface area contributed by atoms with E-state index >= 15 is 0 Å². The summed E-state index contributed by atoms with van der Waals surface area (Å²) in [5.41, 5.74) is 5.61. The molecule has 0 bridgehead atoms. The molecule has 0 aliphatic carbocycles. The zero-order valence-electron chi connectivity index (χ0n) is 10.2. The summed E-state index contributed by atoms with van der Waals surface area (Å²) in [5.74, 6) is -0.409. The van der Waals surface area contributed by atoms with Crippen molar-refractivity contribution in [2.75, 3.05) is 19.7 Å². The maximum absolute atomic E-state index is 11.3. The van der Waals surface area contributed by atoms with Crippen LogP contribution in [0, 0.1) is 0 Å². The predicted octanol–water partition coefficient (Wildman–Crippen LogP) is -0.504. The van der Waals surface area contributed by atoms with Crippen molar-refractivity contribution in [3.05, 3.63) is 18.0 Å². The molecular formula is C11H18N4O2. The zero-order valence-corrected chi connectivity index (χ0v) is 10.2. The smallest absolute Gasteiger partial charge is 0.250 e. The number of hydrogen-bond donors (Lipinski definition) is 1. The molecule has 2 heterocycles. The second-order valence-corrected chi connectivity index (χ2v) is 4.68. The van der Waals surface area contributed by atoms with Crippen LogP contribution in [-0.4, -0.2) is 45.9 Å². The molecule has 0 unspecified atom stereocenters. The lowest BCUT2D eigenvalue weighted by Gasteiger charge is -2.38. The van der Waals surface area contributed by atoms with Crippen LogP contribution in [0.4, 0.5) is 0 Å². The van der Waals surface area contributed by atoms with Crippen molar-refractivity contribution in [1.82, 2.24) is 14.7 Å². The number of carbonyl (C=O) groups excluding carboxylic acids is 1. The van der Waals surface area contributed by atoms with Crippen LogP contribution >= 0.6 is 0 Å². The Bertz CT molecular complexity index is 417. The van der Waals surface area contributed by atoms with Gasteiger partial charge in [0, 0.05) is 38.4 Å². The van der Waals surface area contributed by atoms with Gasteiger partial charge in [-0.25, -0.2) is 0 Å². The van der Waals surface area contributed by atoms with Crippen LogP contribution in [0.5, 0.6) is 0 Å². The topological polar surface area (TPSA) is 73.4 Å². The van der Waals surface area contributed by atoms with E-state index in [9.17, 15) is 4.79 Å². The molecule has 1 aromatic heterocycles. The van der Waals surface area contributed by atoms with Crippen molar-refractivity contribution in [3.8, 4) is 0 Å². The normalized spacial score (nSPS) is 26.0. The number of amides is 1. The van der Waals surface area contributed by atoms with E-state index in [0.29, 0.717) is 13.2 Å². The molecule has 1 aliphatic rings. The number of ether oxygens (including phenoxy) is 1. The fourth-order valence-corrected chi connectivity index (χ4v) is 2.05. The first-order valence-electron chi connectivity index (χ1n) is 5.63. The lowest BCUT2D eigenvalue weighted by molar-refractivity contribution is -0.153. The largest absolute Gasteiger partial charge is 0.367 e. The van der Waals surface area contributed by atoms with Crippen LogP contribution in [-0.2, 0) is 23.1 Å². The van der Waals surface area contributed by atoms with Crippen molar-refractivity contribution in [3.63, 3.8) is 0 Å². The minimum Gasteiger partial charge on any atom is -0.367 e. The minimum atomic E-state index is -0.875. The highest BCUT2D eigenvalue weighted by Gasteiger charge is 2.37. The first kappa shape index (κ1) is 12.1. The highest BCUT2D eigenvalue weighted by atomic mass is 16.5. The maximum atomic E-state index is 11.3. The van der Waals surface area contributed by atoms with Gasteiger partial charge in [0.05, 0.1) is 12.8 Å². The third-order valence-electron chi connectivity index (χ3n) is 3.04. The SMILES string of the molecule is Cn1cc(CN2CCO[C@](C)(C(N)=O)C2)cn1. The summed E-state index contributed by atoms with van der Waals surface area (Å²) in [5, 5.41) is 4.12. The third-order valence-corrected chi connectivity index (χ3v) is 3.04. The van der Waals surface area contributed by atoms with Gasteiger partial charge in [0.25, 0.3) is 5.91 Å². The van der Waals surface area contributed by atoms with Gasteiger partial charge >= 0.3 is 0 Å². The average Bonchev–Trinajstić information content (AvgIpc) is 2.64. The lowest BCUT2D eigenvalue weighted by atomic mass is 10.0. The molecule has 1 aromatic rings. The van der Waals surface area contributed by atoms with Crippen molar-refractivity contribution in [1.29, 1.82) is 0 Å². The van der Waals surface area contributed by atoms with Crippen molar-refractivity contribution in [2.24, 2.45) is 12.8 Å². The first-order chi connectivity index (χ1) is 7.99. The third kappa shape index (κ3) is 2.65. The second kappa shape index (κ2) is 4.46. The quantitative estimate of drug-likeness (QED) is 0.770. The number of aryl methyl sites for hydroxylation is 1. The Morgan fingerprint density at radius 1 is 1.71 bits per heavy atom. The fraction of sp³-hybridized carbons (Fsp3) is 0.636. The summed E-state index contributed by atoms with van der Waals surface area (Å²) >= 11 is 0. The van der Waals surface area contributed by atoms with E-state index in [1.807, 2.05) is 19.4 Å². The Morgan fingerprint density at radius 2 is 2.47 bits per heavy atom. The van der Waals surface area contributed by atoms with Gasteiger partial charge in [-0.2, -0.15) is 5.10 Å². The van der Waals surface area contributed by atoms with Gasteiger partial charge in [-0.3, -0.25) is 14.4 Å². The molecule has 0 aromatic carbocycles. The summed E-state index contributed by atoms with van der Waals surface area (Å²) in [6.45, 7) is 4.36. The van der Waals surface area contributed by atoms with Crippen LogP contribution in [0.1, 0.15) is 12.5 Å². The van der Waals surface area contributed by atoms with Crippen LogP contribution in [0.3, 0.4) is 0 Å². The van der Waals surface area contributed by atoms with Gasteiger partial charge in [0.15, 0.2) is 5.60 Å². The molecule has 94 valence electrons. The molecule has 2 N–H and O–H groups in total. The Morgan fingerprint density at radius 3 is 3.06 bits per heavy atom. The van der Waals surface area contributed by atoms with E-state index in [1.54, 1.807) is 11.6 Å². The van der Waals surface area contributed by atoms with Gasteiger partial charge in [-0.05, 0) is 6.92 Å². The molecule has 1 aliphatic heterocycles. The Balaban J connectivity index is 2.00. The molecule has 1 saturated heterocycles. The number of nitrogens with two attached hydrogens (primary N) is 1. The highest BCUT2D eigenvalue weighted by molar-refractivity contribution is 5.83. The van der Waals surface area contributed by atoms with E-state index in [4.69, 9.17) is 10.5 Å². The van der Waals surface area contributed by atoms with Gasteiger partial charge < -0.3 is 10.5 Å². The lowest BCUT2D eigenvalue weighted by Crippen LogP contribution is -2.56. The van der Waals surface area contributed by atoms with E-state index in [1.165, 1.54) is 0 Å². The average molecular weight is 238 g/mol. The number of aromatic nitrogens is 2. The molecule has 6 heteroatoms. The van der Waals surface area contributed by atoms with Crippen LogP contribution in [0.15, 0.2) is 12.4 Å². The van der Waals surface area contributed by atoms with E-state index in [-0.39, 0.29) is 0 Å². The first-order valence-corrected chi connectivity index (χ1v) is 5.63. The number of morpholine rings is 1. The summed E-state index contributed by atoms with van der Waals surface area (Å²) in [6, 6.07) is 0. The molecule has 1 atom stereocenters. The summed E-state index contributed by atoms with van der Waals surface area (Å²) in [4.78, 5) is 13.5. The molecule has 17 heavy (non-hydrogen) atoms. The van der Waals surface area contributed by atoms with Crippen molar-refractivity contribution in [2.45, 2.75) is 19.1 Å². The van der Waals surface area contributed by atoms with Crippen LogP contribution in [0.2, 0.25) is 0 Å². The molecular weight excluding hydrogens is 220 g/mol. The van der Waals surface area contributed by atoms with E-state index in [2.05, 4.69) is 10.00 Å². The number of nitrogens with zero attached hydrogens (tertiary/aromatic N) is 3. The van der Waals surface area contributed by atoms with Crippen molar-refractivity contribution < 1.29 is 9.53 Å². The standard InChI is InChI=1S/C11H18N4O2/c1-11(10(12)16)8-15(3-4-17-11)7-9-5-13-14(2)6-9/h5-6H,3-4,7-8H2,1-2H3,(H2,12,16)/t11-/m0/s1. The molecule has 0 radical (unpaired) electrons. The fourth-order valence-electron chi connectivity index (χ4n) is 2.05. The van der Waals surface area contributed by atoms with Crippen molar-refractivity contribution >= 4 is 5.91 Å². The molecule has 1 fully saturated rings. The molecule has 2 rings (SSSR count). The number of hydrogen-bond acceptors (Lipinski definition) is 4. The summed E-state index contributed by atoms with van der Waals surface area (Å²) < 4.78 is 7.23. The minimum absolute atomic E-state index is 0.409. The Hall–Kier alpha value is -1.40. The van der Waals surface area contributed by atoms with Gasteiger partial charge in [-0.15, -0.1) is 0 Å². The van der Waals surface area contributed by atoms with Crippen LogP contribution in [0.25, 0.3) is 0 Å². The molecule has 0 saturated carbocycles. The number of rotatable bonds is 3. The second-order valence-electron chi connectivity index (χ2n) is 4.68. The summed E-state index contributed by atoms with van der Waals surface area (Å²) in [6.07, 6.45) is 3.80. The molecule has 6 nitrogen and oxygen atoms in total. The zero-order chi connectivity index (χ0) is 12.5. The van der Waals surface area contributed by atoms with E-state index in [0.717, 1.165) is 18.7 Å². The Labute approximate surface area is 100 Å². The number of carbonyl (C=O) groups is 1. The molecule has 1 amide bonds. The maximum Gasteiger partial charge on any atom is 0.250 e. The van der Waals surface area contributed by atoms with E-state index < -0.39 is 11.5 Å². The summed E-state index contributed by atoms with van der Waals surface area (Å²) in [7, 11) is 1.89. The highest BCUT2D eigenvalue weighted by Crippen LogP contribution is 2.18. The Kier molecular flexibility index (Phi) is 3.17. The molecule has 0 spiro atoms. The van der Waals surface area contributed by atoms with Gasteiger partial charge in [-0.1, -0.05) is 0 Å². The number of primary amides is 1.